The molecule has 1 amide bonds. The van der Waals surface area contributed by atoms with E-state index in [-0.39, 0.29) is 17.9 Å². The molecule has 0 saturated carbocycles. The van der Waals surface area contributed by atoms with Crippen LogP contribution in [0.4, 0.5) is 0 Å². The second-order valence-corrected chi connectivity index (χ2v) is 7.66. The van der Waals surface area contributed by atoms with Gasteiger partial charge in [-0.15, -0.1) is 0 Å². The van der Waals surface area contributed by atoms with Crippen molar-refractivity contribution in [2.45, 2.75) is 32.7 Å². The number of aryl methyl sites for hydroxylation is 1. The van der Waals surface area contributed by atoms with E-state index in [4.69, 9.17) is 9.26 Å². The number of aromatic nitrogens is 2. The number of likely N-dealkylation sites (N-methyl/N-ethyl adjacent to an activating group) is 1. The first-order chi connectivity index (χ1) is 13.8. The molecule has 0 bridgehead atoms. The molecular formula is C22H28N4O3. The summed E-state index contributed by atoms with van der Waals surface area (Å²) in [6, 6.07) is 9.72. The lowest BCUT2D eigenvalue weighted by atomic mass is 10.0. The van der Waals surface area contributed by atoms with Crippen molar-refractivity contribution in [3.63, 3.8) is 0 Å². The van der Waals surface area contributed by atoms with Crippen LogP contribution in [0.1, 0.15) is 53.1 Å². The van der Waals surface area contributed by atoms with Crippen molar-refractivity contribution in [2.24, 2.45) is 0 Å². The van der Waals surface area contributed by atoms with E-state index >= 15 is 0 Å². The summed E-state index contributed by atoms with van der Waals surface area (Å²) in [5.41, 5.74) is 3.47. The Hall–Kier alpha value is -2.93. The van der Waals surface area contributed by atoms with Crippen LogP contribution >= 0.6 is 0 Å². The van der Waals surface area contributed by atoms with Crippen molar-refractivity contribution < 1.29 is 14.1 Å². The molecule has 3 aromatic rings. The van der Waals surface area contributed by atoms with E-state index < -0.39 is 0 Å². The number of benzene rings is 1. The van der Waals surface area contributed by atoms with E-state index in [9.17, 15) is 4.79 Å². The number of ether oxygens (including phenoxy) is 1. The summed E-state index contributed by atoms with van der Waals surface area (Å²) < 4.78 is 10.7. The highest BCUT2D eigenvalue weighted by Crippen LogP contribution is 2.26. The Labute approximate surface area is 171 Å². The quantitative estimate of drug-likeness (QED) is 0.656. The van der Waals surface area contributed by atoms with Gasteiger partial charge < -0.3 is 19.5 Å². The maximum absolute atomic E-state index is 13.1. The maximum atomic E-state index is 13.1. The van der Waals surface area contributed by atoms with Gasteiger partial charge in [-0.2, -0.15) is 0 Å². The largest absolute Gasteiger partial charge is 0.497 e. The molecule has 29 heavy (non-hydrogen) atoms. The molecule has 2 aromatic heterocycles. The molecule has 154 valence electrons. The molecule has 1 N–H and O–H groups in total. The molecule has 0 saturated heterocycles. The van der Waals surface area contributed by atoms with Crippen LogP contribution in [0.5, 0.6) is 5.75 Å². The molecule has 0 aliphatic heterocycles. The summed E-state index contributed by atoms with van der Waals surface area (Å²) in [4.78, 5) is 19.7. The molecule has 0 fully saturated rings. The Morgan fingerprint density at radius 3 is 2.69 bits per heavy atom. The molecule has 0 aliphatic carbocycles. The summed E-state index contributed by atoms with van der Waals surface area (Å²) in [5.74, 6) is 0.793. The smallest absolute Gasteiger partial charge is 0.259 e. The predicted molar refractivity (Wildman–Crippen MR) is 112 cm³/mol. The lowest BCUT2D eigenvalue weighted by Crippen LogP contribution is -2.34. The first-order valence-corrected chi connectivity index (χ1v) is 9.67. The fraction of sp³-hybridized carbons (Fsp3) is 0.409. The van der Waals surface area contributed by atoms with E-state index in [0.29, 0.717) is 28.9 Å². The normalized spacial score (nSPS) is 12.6. The van der Waals surface area contributed by atoms with E-state index in [2.05, 4.69) is 20.4 Å². The summed E-state index contributed by atoms with van der Waals surface area (Å²) >= 11 is 0. The molecule has 0 radical (unpaired) electrons. The Bertz CT molecular complexity index is 1010. The van der Waals surface area contributed by atoms with Gasteiger partial charge in [-0.05, 0) is 50.7 Å². The van der Waals surface area contributed by atoms with E-state index in [1.807, 2.05) is 65.2 Å². The van der Waals surface area contributed by atoms with Crippen LogP contribution in [0.25, 0.3) is 11.1 Å². The second kappa shape index (κ2) is 8.61. The molecule has 2 heterocycles. The van der Waals surface area contributed by atoms with Crippen molar-refractivity contribution in [1.29, 1.82) is 0 Å². The van der Waals surface area contributed by atoms with Crippen LogP contribution < -0.4 is 10.1 Å². The molecule has 0 aliphatic rings. The molecule has 3 rings (SSSR count). The summed E-state index contributed by atoms with van der Waals surface area (Å²) in [6.45, 7) is 6.33. The summed E-state index contributed by atoms with van der Waals surface area (Å²) in [7, 11) is 5.62. The number of hydrogen-bond donors (Lipinski definition) is 1. The number of hydrogen-bond acceptors (Lipinski definition) is 6. The molecular weight excluding hydrogens is 368 g/mol. The van der Waals surface area contributed by atoms with Crippen molar-refractivity contribution in [3.8, 4) is 5.75 Å². The highest BCUT2D eigenvalue weighted by molar-refractivity contribution is 6.06. The number of amides is 1. The van der Waals surface area contributed by atoms with Crippen LogP contribution in [-0.4, -0.2) is 48.7 Å². The van der Waals surface area contributed by atoms with Crippen LogP contribution in [0.2, 0.25) is 0 Å². The molecule has 1 aromatic carbocycles. The maximum Gasteiger partial charge on any atom is 0.259 e. The summed E-state index contributed by atoms with van der Waals surface area (Å²) in [6.07, 6.45) is 0. The molecule has 7 nitrogen and oxygen atoms in total. The third-order valence-corrected chi connectivity index (χ3v) is 5.03. The number of nitrogens with zero attached hydrogens (tertiary/aromatic N) is 3. The first-order valence-electron chi connectivity index (χ1n) is 9.67. The third kappa shape index (κ3) is 4.40. The fourth-order valence-electron chi connectivity index (χ4n) is 3.32. The third-order valence-electron chi connectivity index (χ3n) is 5.03. The molecule has 1 unspecified atom stereocenters. The highest BCUT2D eigenvalue weighted by Gasteiger charge is 2.22. The minimum absolute atomic E-state index is 0.000445. The van der Waals surface area contributed by atoms with E-state index in [0.717, 1.165) is 17.0 Å². The van der Waals surface area contributed by atoms with Gasteiger partial charge in [0.25, 0.3) is 11.6 Å². The van der Waals surface area contributed by atoms with Gasteiger partial charge in [0.15, 0.2) is 0 Å². The zero-order chi connectivity index (χ0) is 21.1. The van der Waals surface area contributed by atoms with Crippen molar-refractivity contribution in [3.05, 3.63) is 52.8 Å². The zero-order valence-electron chi connectivity index (χ0n) is 17.8. The lowest BCUT2D eigenvalue weighted by Gasteiger charge is -2.25. The number of methoxy groups -OCH3 is 1. The topological polar surface area (TPSA) is 80.5 Å². The van der Waals surface area contributed by atoms with Gasteiger partial charge >= 0.3 is 0 Å². The van der Waals surface area contributed by atoms with Gasteiger partial charge in [-0.3, -0.25) is 4.79 Å². The lowest BCUT2D eigenvalue weighted by molar-refractivity contribution is 0.0943. The Morgan fingerprint density at radius 2 is 2.03 bits per heavy atom. The van der Waals surface area contributed by atoms with Crippen molar-refractivity contribution in [2.75, 3.05) is 27.7 Å². The van der Waals surface area contributed by atoms with Crippen LogP contribution in [0, 0.1) is 6.92 Å². The first kappa shape index (κ1) is 20.8. The number of carbonyl (C=O) groups excluding carboxylic acids is 1. The van der Waals surface area contributed by atoms with E-state index in [1.54, 1.807) is 7.11 Å². The van der Waals surface area contributed by atoms with Crippen LogP contribution in [-0.2, 0) is 0 Å². The Morgan fingerprint density at radius 1 is 1.28 bits per heavy atom. The SMILES string of the molecule is COc1cccc(C(CNC(=O)c2cc(C(C)C)nc3onc(C)c23)N(C)C)c1. The number of carbonyl (C=O) groups is 1. The Balaban J connectivity index is 1.88. The summed E-state index contributed by atoms with van der Waals surface area (Å²) in [5, 5.41) is 7.72. The van der Waals surface area contributed by atoms with E-state index in [1.165, 1.54) is 0 Å². The van der Waals surface area contributed by atoms with Gasteiger partial charge in [-0.1, -0.05) is 31.1 Å². The minimum Gasteiger partial charge on any atom is -0.497 e. The molecule has 1 atom stereocenters. The highest BCUT2D eigenvalue weighted by atomic mass is 16.5. The Kier molecular flexibility index (Phi) is 6.17. The fourth-order valence-corrected chi connectivity index (χ4v) is 3.32. The van der Waals surface area contributed by atoms with Gasteiger partial charge in [0.1, 0.15) is 5.75 Å². The van der Waals surface area contributed by atoms with Gasteiger partial charge in [0.2, 0.25) is 0 Å². The van der Waals surface area contributed by atoms with Gasteiger partial charge in [-0.25, -0.2) is 4.98 Å². The number of fused-ring (bicyclic) bond motifs is 1. The molecule has 0 spiro atoms. The van der Waals surface area contributed by atoms with Crippen molar-refractivity contribution in [1.82, 2.24) is 20.4 Å². The van der Waals surface area contributed by atoms with Crippen molar-refractivity contribution >= 4 is 17.0 Å². The van der Waals surface area contributed by atoms with Gasteiger partial charge in [0.05, 0.1) is 29.8 Å². The monoisotopic (exact) mass is 396 g/mol. The average Bonchev–Trinajstić information content (AvgIpc) is 3.08. The van der Waals surface area contributed by atoms with Gasteiger partial charge in [0, 0.05) is 12.2 Å². The molecule has 7 heteroatoms. The number of rotatable bonds is 7. The number of nitrogens with one attached hydrogen (secondary N) is 1. The predicted octanol–water partition coefficient (Wildman–Crippen LogP) is 3.70. The second-order valence-electron chi connectivity index (χ2n) is 7.66. The zero-order valence-corrected chi connectivity index (χ0v) is 17.8. The number of pyridine rings is 1. The van der Waals surface area contributed by atoms with Crippen LogP contribution in [0.3, 0.4) is 0 Å². The average molecular weight is 396 g/mol. The standard InChI is InChI=1S/C22H28N4O3/c1-13(2)18-11-17(20-14(3)25-29-22(20)24-18)21(27)23-12-19(26(4)5)15-8-7-9-16(10-15)28-6/h7-11,13,19H,12H2,1-6H3,(H,23,27). The minimum atomic E-state index is -0.166. The van der Waals surface area contributed by atoms with Crippen LogP contribution in [0.15, 0.2) is 34.9 Å².